The van der Waals surface area contributed by atoms with Crippen LogP contribution in [0.2, 0.25) is 0 Å². The zero-order valence-electron chi connectivity index (χ0n) is 23.8. The van der Waals surface area contributed by atoms with Crippen LogP contribution in [-0.2, 0) is 18.9 Å². The normalized spacial score (nSPS) is 10.6. The predicted molar refractivity (Wildman–Crippen MR) is 153 cm³/mol. The summed E-state index contributed by atoms with van der Waals surface area (Å²) in [6, 6.07) is 16.0. The molecule has 0 atom stereocenters. The highest BCUT2D eigenvalue weighted by Crippen LogP contribution is 2.28. The van der Waals surface area contributed by atoms with Crippen LogP contribution in [0.25, 0.3) is 45.6 Å². The van der Waals surface area contributed by atoms with Crippen molar-refractivity contribution in [1.29, 1.82) is 0 Å². The zero-order valence-corrected chi connectivity index (χ0v) is 23.8. The Balaban J connectivity index is 1.47. The largest absolute Gasteiger partial charge is 0.465 e. The van der Waals surface area contributed by atoms with Crippen LogP contribution in [0.15, 0.2) is 60.7 Å². The molecule has 0 unspecified atom stereocenters. The van der Waals surface area contributed by atoms with Gasteiger partial charge in [0.15, 0.2) is 23.3 Å². The van der Waals surface area contributed by atoms with Gasteiger partial charge < -0.3 is 18.9 Å². The molecule has 0 aliphatic heterocycles. The van der Waals surface area contributed by atoms with Crippen LogP contribution in [0.4, 0.5) is 0 Å². The van der Waals surface area contributed by atoms with Gasteiger partial charge in [0.25, 0.3) is 0 Å². The van der Waals surface area contributed by atoms with E-state index in [1.165, 1.54) is 64.8 Å². The van der Waals surface area contributed by atoms with Crippen molar-refractivity contribution in [2.24, 2.45) is 0 Å². The van der Waals surface area contributed by atoms with E-state index in [4.69, 9.17) is 18.9 Å². The average Bonchev–Trinajstić information content (AvgIpc) is 3.78. The lowest BCUT2D eigenvalue weighted by Gasteiger charge is -2.06. The van der Waals surface area contributed by atoms with Gasteiger partial charge in [0.05, 0.1) is 50.7 Å². The lowest BCUT2D eigenvalue weighted by molar-refractivity contribution is 0.0581. The molecular formula is C30H24N6O8. The van der Waals surface area contributed by atoms with Crippen molar-refractivity contribution in [2.45, 2.75) is 0 Å². The summed E-state index contributed by atoms with van der Waals surface area (Å²) in [6.45, 7) is 0. The van der Waals surface area contributed by atoms with Crippen molar-refractivity contribution in [3.05, 3.63) is 82.9 Å². The fourth-order valence-electron chi connectivity index (χ4n) is 4.31. The quantitative estimate of drug-likeness (QED) is 0.195. The highest BCUT2D eigenvalue weighted by atomic mass is 16.5. The molecule has 0 saturated heterocycles. The van der Waals surface area contributed by atoms with Crippen LogP contribution in [0, 0.1) is 0 Å². The summed E-state index contributed by atoms with van der Waals surface area (Å²) in [4.78, 5) is 57.9. The summed E-state index contributed by atoms with van der Waals surface area (Å²) in [6.07, 6.45) is 0. The fourth-order valence-corrected chi connectivity index (χ4v) is 4.31. The Morgan fingerprint density at radius 3 is 1.16 bits per heavy atom. The van der Waals surface area contributed by atoms with Gasteiger partial charge >= 0.3 is 23.9 Å². The van der Waals surface area contributed by atoms with Crippen LogP contribution < -0.4 is 0 Å². The standard InChI is InChI=1S/C30H24N6O8/c1-41-27(37)19-9-17(10-20(13-19)28(38)42-2)25-31-23(33-35-25)15-6-5-7-16(8-15)24-32-26(36-34-24)18-11-21(29(39)43-3)14-22(12-18)30(40)44-4/h5-14H,1-4H3,(H,31,33,35)(H,32,34,36). The zero-order chi connectivity index (χ0) is 31.4. The number of methoxy groups -OCH3 is 4. The summed E-state index contributed by atoms with van der Waals surface area (Å²) in [5.41, 5.74) is 2.64. The van der Waals surface area contributed by atoms with Crippen LogP contribution in [0.3, 0.4) is 0 Å². The summed E-state index contributed by atoms with van der Waals surface area (Å²) >= 11 is 0. The van der Waals surface area contributed by atoms with Gasteiger partial charge in [-0.1, -0.05) is 18.2 Å². The van der Waals surface area contributed by atoms with Crippen molar-refractivity contribution in [2.75, 3.05) is 28.4 Å². The Labute approximate surface area is 249 Å². The van der Waals surface area contributed by atoms with Gasteiger partial charge in [-0.05, 0) is 42.5 Å². The minimum atomic E-state index is -0.631. The van der Waals surface area contributed by atoms with Crippen LogP contribution in [0.5, 0.6) is 0 Å². The number of aromatic amines is 2. The summed E-state index contributed by atoms with van der Waals surface area (Å²) in [5, 5.41) is 14.3. The Hall–Kier alpha value is -6.18. The van der Waals surface area contributed by atoms with Crippen molar-refractivity contribution in [3.63, 3.8) is 0 Å². The maximum Gasteiger partial charge on any atom is 0.337 e. The maximum absolute atomic E-state index is 12.2. The molecule has 14 nitrogen and oxygen atoms in total. The minimum Gasteiger partial charge on any atom is -0.465 e. The van der Waals surface area contributed by atoms with Gasteiger partial charge in [-0.25, -0.2) is 29.1 Å². The third-order valence-corrected chi connectivity index (χ3v) is 6.45. The molecule has 2 aromatic heterocycles. The molecule has 3 aromatic carbocycles. The molecule has 5 aromatic rings. The topological polar surface area (TPSA) is 188 Å². The Kier molecular flexibility index (Phi) is 8.24. The molecule has 0 fully saturated rings. The summed E-state index contributed by atoms with van der Waals surface area (Å²) < 4.78 is 19.2. The average molecular weight is 597 g/mol. The van der Waals surface area contributed by atoms with Gasteiger partial charge in [-0.3, -0.25) is 10.2 Å². The number of aromatic nitrogens is 6. The SMILES string of the molecule is COC(=O)c1cc(C(=O)OC)cc(-c2nc(-c3cccc(-c4n[nH]c(-c5cc(C(=O)OC)cc(C(=O)OC)c5)n4)c3)n[nH]2)c1. The number of rotatable bonds is 8. The lowest BCUT2D eigenvalue weighted by atomic mass is 10.0. The fraction of sp³-hybridized carbons (Fsp3) is 0.133. The highest BCUT2D eigenvalue weighted by Gasteiger charge is 2.19. The number of hydrogen-bond acceptors (Lipinski definition) is 12. The van der Waals surface area contributed by atoms with E-state index in [2.05, 4.69) is 30.4 Å². The van der Waals surface area contributed by atoms with Gasteiger partial charge in [-0.15, -0.1) is 0 Å². The van der Waals surface area contributed by atoms with Crippen molar-refractivity contribution in [1.82, 2.24) is 30.4 Å². The van der Waals surface area contributed by atoms with Gasteiger partial charge in [0, 0.05) is 22.3 Å². The predicted octanol–water partition coefficient (Wildman–Crippen LogP) is 3.74. The molecule has 0 aliphatic carbocycles. The molecule has 222 valence electrons. The molecular weight excluding hydrogens is 572 g/mol. The molecule has 0 saturated carbocycles. The Morgan fingerprint density at radius 1 is 0.500 bits per heavy atom. The number of benzene rings is 3. The number of ether oxygens (including phenoxy) is 4. The second kappa shape index (κ2) is 12.4. The van der Waals surface area contributed by atoms with Crippen LogP contribution >= 0.6 is 0 Å². The molecule has 2 N–H and O–H groups in total. The maximum atomic E-state index is 12.2. The number of H-pyrrole nitrogens is 2. The minimum absolute atomic E-state index is 0.140. The van der Waals surface area contributed by atoms with E-state index < -0.39 is 23.9 Å². The number of carbonyl (C=O) groups is 4. The van der Waals surface area contributed by atoms with Crippen molar-refractivity contribution >= 4 is 23.9 Å². The van der Waals surface area contributed by atoms with E-state index in [0.717, 1.165) is 0 Å². The molecule has 2 heterocycles. The van der Waals surface area contributed by atoms with E-state index in [1.54, 1.807) is 24.3 Å². The van der Waals surface area contributed by atoms with E-state index in [-0.39, 0.29) is 22.3 Å². The molecule has 0 spiro atoms. The monoisotopic (exact) mass is 596 g/mol. The van der Waals surface area contributed by atoms with Gasteiger partial charge in [0.2, 0.25) is 0 Å². The van der Waals surface area contributed by atoms with Gasteiger partial charge in [0.1, 0.15) is 0 Å². The first kappa shape index (κ1) is 29.3. The molecule has 0 aliphatic rings. The van der Waals surface area contributed by atoms with Crippen LogP contribution in [0.1, 0.15) is 41.4 Å². The third kappa shape index (κ3) is 5.90. The lowest BCUT2D eigenvalue weighted by Crippen LogP contribution is -2.07. The van der Waals surface area contributed by atoms with Gasteiger partial charge in [-0.2, -0.15) is 10.2 Å². The number of carbonyl (C=O) groups excluding carboxylic acids is 4. The third-order valence-electron chi connectivity index (χ3n) is 6.45. The van der Waals surface area contributed by atoms with Crippen LogP contribution in [-0.4, -0.2) is 82.7 Å². The molecule has 5 rings (SSSR count). The van der Waals surface area contributed by atoms with E-state index in [0.29, 0.717) is 45.6 Å². The number of nitrogens with zero attached hydrogens (tertiary/aromatic N) is 4. The first-order chi connectivity index (χ1) is 21.2. The molecule has 14 heteroatoms. The second-order valence-corrected chi connectivity index (χ2v) is 9.16. The van der Waals surface area contributed by atoms with E-state index >= 15 is 0 Å². The number of nitrogens with one attached hydrogen (secondary N) is 2. The van der Waals surface area contributed by atoms with Crippen molar-refractivity contribution < 1.29 is 38.1 Å². The molecule has 0 radical (unpaired) electrons. The summed E-state index contributed by atoms with van der Waals surface area (Å²) in [7, 11) is 4.95. The number of esters is 4. The number of hydrogen-bond donors (Lipinski definition) is 2. The van der Waals surface area contributed by atoms with Crippen molar-refractivity contribution in [3.8, 4) is 45.6 Å². The van der Waals surface area contributed by atoms with E-state index in [9.17, 15) is 19.2 Å². The molecule has 0 bridgehead atoms. The first-order valence-corrected chi connectivity index (χ1v) is 12.8. The highest BCUT2D eigenvalue weighted by molar-refractivity contribution is 5.98. The molecule has 44 heavy (non-hydrogen) atoms. The Morgan fingerprint density at radius 2 is 0.841 bits per heavy atom. The van der Waals surface area contributed by atoms with E-state index in [1.807, 2.05) is 0 Å². The molecule has 0 amide bonds. The summed E-state index contributed by atoms with van der Waals surface area (Å²) in [5.74, 6) is -1.27. The second-order valence-electron chi connectivity index (χ2n) is 9.16. The Bertz CT molecular complexity index is 1710. The smallest absolute Gasteiger partial charge is 0.337 e. The first-order valence-electron chi connectivity index (χ1n) is 12.8.